The molecule has 2 rings (SSSR count). The minimum atomic E-state index is -0.720. The second kappa shape index (κ2) is 6.81. The van der Waals surface area contributed by atoms with Gasteiger partial charge in [0.05, 0.1) is 0 Å². The van der Waals surface area contributed by atoms with E-state index in [1.807, 2.05) is 4.98 Å². The van der Waals surface area contributed by atoms with Crippen LogP contribution in [0.2, 0.25) is 0 Å². The van der Waals surface area contributed by atoms with Crippen molar-refractivity contribution >= 4 is 11.6 Å². The van der Waals surface area contributed by atoms with Crippen LogP contribution < -0.4 is 17.0 Å². The molecule has 0 aromatic carbocycles. The predicted octanol–water partition coefficient (Wildman–Crippen LogP) is 1.08. The molecule has 1 aromatic heterocycles. The van der Waals surface area contributed by atoms with Gasteiger partial charge in [0.1, 0.15) is 11.4 Å². The summed E-state index contributed by atoms with van der Waals surface area (Å²) in [6.07, 6.45) is 4.94. The first-order valence-electron chi connectivity index (χ1n) is 7.83. The number of anilines is 1. The lowest BCUT2D eigenvalue weighted by Crippen LogP contribution is -2.43. The Kier molecular flexibility index (Phi) is 5.05. The number of likely N-dealkylation sites (tertiary alicyclic amines) is 1. The van der Waals surface area contributed by atoms with Crippen LogP contribution in [0.25, 0.3) is 0 Å². The van der Waals surface area contributed by atoms with Crippen molar-refractivity contribution < 1.29 is 4.79 Å². The van der Waals surface area contributed by atoms with Gasteiger partial charge in [-0.3, -0.25) is 14.6 Å². The van der Waals surface area contributed by atoms with Crippen molar-refractivity contribution in [3.8, 4) is 0 Å². The molecule has 1 fully saturated rings. The van der Waals surface area contributed by atoms with Gasteiger partial charge in [-0.2, -0.15) is 0 Å². The molecule has 4 N–H and O–H groups in total. The number of hydrogen-bond acceptors (Lipinski definition) is 4. The Labute approximate surface area is 128 Å². The summed E-state index contributed by atoms with van der Waals surface area (Å²) in [5, 5.41) is 0. The molecule has 7 nitrogen and oxygen atoms in total. The highest BCUT2D eigenvalue weighted by molar-refractivity contribution is 5.97. The molecular weight excluding hydrogens is 284 g/mol. The van der Waals surface area contributed by atoms with E-state index in [4.69, 9.17) is 5.73 Å². The van der Waals surface area contributed by atoms with Crippen molar-refractivity contribution in [1.82, 2.24) is 14.9 Å². The van der Waals surface area contributed by atoms with Crippen LogP contribution in [0.1, 0.15) is 56.4 Å². The summed E-state index contributed by atoms with van der Waals surface area (Å²) in [6, 6.07) is 0.122. The number of nitrogens with zero attached hydrogens (tertiary/aromatic N) is 1. The van der Waals surface area contributed by atoms with Crippen molar-refractivity contribution in [1.29, 1.82) is 0 Å². The zero-order valence-electron chi connectivity index (χ0n) is 13.1. The maximum Gasteiger partial charge on any atom is 0.326 e. The smallest absolute Gasteiger partial charge is 0.326 e. The number of nitrogens with two attached hydrogens (primary N) is 1. The molecule has 0 radical (unpaired) electrons. The summed E-state index contributed by atoms with van der Waals surface area (Å²) in [6.45, 7) is 4.87. The highest BCUT2D eigenvalue weighted by Crippen LogP contribution is 2.24. The molecule has 0 spiro atoms. The molecular formula is C15H24N4O3. The Bertz CT molecular complexity index is 647. The number of carbonyl (C=O) groups is 1. The van der Waals surface area contributed by atoms with Crippen molar-refractivity contribution in [2.75, 3.05) is 12.3 Å². The van der Waals surface area contributed by atoms with Crippen LogP contribution >= 0.6 is 0 Å². The summed E-state index contributed by atoms with van der Waals surface area (Å²) in [5.74, 6) is 0.113. The number of nitrogens with one attached hydrogen (secondary N) is 2. The first-order valence-corrected chi connectivity index (χ1v) is 7.83. The fraction of sp³-hybridized carbons (Fsp3) is 0.667. The van der Waals surface area contributed by atoms with Gasteiger partial charge in [-0.1, -0.05) is 26.7 Å². The molecule has 1 aliphatic rings. The Hall–Kier alpha value is -2.05. The maximum atomic E-state index is 12.8. The fourth-order valence-electron chi connectivity index (χ4n) is 3.04. The topological polar surface area (TPSA) is 112 Å². The number of amides is 1. The van der Waals surface area contributed by atoms with Gasteiger partial charge in [-0.05, 0) is 25.2 Å². The minimum absolute atomic E-state index is 0.0931. The van der Waals surface area contributed by atoms with Gasteiger partial charge in [-0.25, -0.2) is 4.79 Å². The third-order valence-electron chi connectivity index (χ3n) is 4.07. The summed E-state index contributed by atoms with van der Waals surface area (Å²) in [4.78, 5) is 42.0. The lowest BCUT2D eigenvalue weighted by atomic mass is 9.98. The van der Waals surface area contributed by atoms with Crippen LogP contribution in [-0.4, -0.2) is 33.4 Å². The zero-order chi connectivity index (χ0) is 16.3. The Morgan fingerprint density at radius 3 is 2.68 bits per heavy atom. The standard InChI is InChI=1S/C15H24N4O3/c1-9(2)8-10-6-4-3-5-7-19(10)14(21)12-11(16)13(20)18-15(22)17-12/h9-10H,3-8,16H2,1-2H3,(H2,17,18,20,22)/t10-/m1/s1. The maximum absolute atomic E-state index is 12.8. The van der Waals surface area contributed by atoms with Crippen LogP contribution in [0.5, 0.6) is 0 Å². The van der Waals surface area contributed by atoms with Crippen LogP contribution in [0.3, 0.4) is 0 Å². The molecule has 0 unspecified atom stereocenters. The highest BCUT2D eigenvalue weighted by Gasteiger charge is 2.29. The van der Waals surface area contributed by atoms with Crippen LogP contribution in [-0.2, 0) is 0 Å². The summed E-state index contributed by atoms with van der Waals surface area (Å²) >= 11 is 0. The first kappa shape index (κ1) is 16.3. The summed E-state index contributed by atoms with van der Waals surface area (Å²) in [7, 11) is 0. The van der Waals surface area contributed by atoms with E-state index in [2.05, 4.69) is 18.8 Å². The number of aromatic nitrogens is 2. The van der Waals surface area contributed by atoms with Gasteiger partial charge in [0.2, 0.25) is 0 Å². The zero-order valence-corrected chi connectivity index (χ0v) is 13.1. The average molecular weight is 308 g/mol. The highest BCUT2D eigenvalue weighted by atomic mass is 16.2. The number of carbonyl (C=O) groups excluding carboxylic acids is 1. The minimum Gasteiger partial charge on any atom is -0.392 e. The van der Waals surface area contributed by atoms with Gasteiger partial charge in [0.15, 0.2) is 0 Å². The third kappa shape index (κ3) is 3.58. The number of rotatable bonds is 3. The predicted molar refractivity (Wildman–Crippen MR) is 84.8 cm³/mol. The fourth-order valence-corrected chi connectivity index (χ4v) is 3.04. The van der Waals surface area contributed by atoms with Gasteiger partial charge in [-0.15, -0.1) is 0 Å². The molecule has 1 amide bonds. The van der Waals surface area contributed by atoms with Gasteiger partial charge >= 0.3 is 5.69 Å². The Balaban J connectivity index is 2.36. The third-order valence-corrected chi connectivity index (χ3v) is 4.07. The average Bonchev–Trinajstić information content (AvgIpc) is 2.67. The molecule has 1 saturated heterocycles. The van der Waals surface area contributed by atoms with Crippen molar-refractivity contribution in [2.24, 2.45) is 5.92 Å². The molecule has 0 aliphatic carbocycles. The SMILES string of the molecule is CC(C)C[C@H]1CCCCCN1C(=O)c1[nH]c(=O)[nH]c(=O)c1N. The van der Waals surface area contributed by atoms with Gasteiger partial charge in [0.25, 0.3) is 11.5 Å². The van der Waals surface area contributed by atoms with E-state index in [0.29, 0.717) is 12.5 Å². The largest absolute Gasteiger partial charge is 0.392 e. The first-order chi connectivity index (χ1) is 10.4. The van der Waals surface area contributed by atoms with E-state index in [1.54, 1.807) is 4.90 Å². The number of H-pyrrole nitrogens is 2. The molecule has 7 heteroatoms. The van der Waals surface area contributed by atoms with E-state index in [1.165, 1.54) is 0 Å². The molecule has 1 aromatic rings. The van der Waals surface area contributed by atoms with Crippen LogP contribution in [0.15, 0.2) is 9.59 Å². The molecule has 1 atom stereocenters. The monoisotopic (exact) mass is 308 g/mol. The van der Waals surface area contributed by atoms with E-state index < -0.39 is 11.2 Å². The van der Waals surface area contributed by atoms with E-state index in [9.17, 15) is 14.4 Å². The summed E-state index contributed by atoms with van der Waals surface area (Å²) in [5.41, 5.74) is 3.93. The van der Waals surface area contributed by atoms with Crippen LogP contribution in [0, 0.1) is 5.92 Å². The second-order valence-electron chi connectivity index (χ2n) is 6.33. The number of aromatic amines is 2. The Morgan fingerprint density at radius 1 is 1.27 bits per heavy atom. The number of nitrogen functional groups attached to an aromatic ring is 1. The lowest BCUT2D eigenvalue weighted by Gasteiger charge is -2.31. The van der Waals surface area contributed by atoms with Crippen molar-refractivity contribution in [3.63, 3.8) is 0 Å². The van der Waals surface area contributed by atoms with E-state index in [-0.39, 0.29) is 23.3 Å². The lowest BCUT2D eigenvalue weighted by molar-refractivity contribution is 0.0655. The Morgan fingerprint density at radius 2 is 2.00 bits per heavy atom. The molecule has 0 bridgehead atoms. The van der Waals surface area contributed by atoms with Gasteiger partial charge < -0.3 is 15.6 Å². The molecule has 122 valence electrons. The normalized spacial score (nSPS) is 19.2. The van der Waals surface area contributed by atoms with E-state index >= 15 is 0 Å². The van der Waals surface area contributed by atoms with Crippen molar-refractivity contribution in [2.45, 2.75) is 52.0 Å². The summed E-state index contributed by atoms with van der Waals surface area (Å²) < 4.78 is 0. The van der Waals surface area contributed by atoms with Crippen molar-refractivity contribution in [3.05, 3.63) is 26.5 Å². The number of hydrogen-bond donors (Lipinski definition) is 3. The molecule has 0 saturated carbocycles. The molecule has 22 heavy (non-hydrogen) atoms. The van der Waals surface area contributed by atoms with Gasteiger partial charge in [0, 0.05) is 12.6 Å². The quantitative estimate of drug-likeness (QED) is 0.775. The second-order valence-corrected chi connectivity index (χ2v) is 6.33. The molecule has 2 heterocycles. The molecule has 1 aliphatic heterocycles. The van der Waals surface area contributed by atoms with Crippen LogP contribution in [0.4, 0.5) is 5.69 Å². The van der Waals surface area contributed by atoms with E-state index in [0.717, 1.165) is 32.1 Å².